The van der Waals surface area contributed by atoms with E-state index in [4.69, 9.17) is 4.74 Å². The predicted molar refractivity (Wildman–Crippen MR) is 91.5 cm³/mol. The van der Waals surface area contributed by atoms with Crippen LogP contribution >= 0.6 is 0 Å². The molecule has 0 saturated carbocycles. The topological polar surface area (TPSA) is 32.8 Å². The molecule has 26 heavy (non-hydrogen) atoms. The number of nitrogens with zero attached hydrogens (tertiary/aromatic N) is 2. The molecule has 2 saturated heterocycles. The van der Waals surface area contributed by atoms with E-state index in [0.29, 0.717) is 26.3 Å². The fourth-order valence-corrected chi connectivity index (χ4v) is 3.61. The van der Waals surface area contributed by atoms with Crippen LogP contribution in [-0.4, -0.2) is 55.1 Å². The maximum atomic E-state index is 12.6. The molecular weight excluding hydrogens is 345 g/mol. The lowest BCUT2D eigenvalue weighted by molar-refractivity contribution is -0.138. The molecule has 0 aliphatic carbocycles. The highest BCUT2D eigenvalue weighted by Crippen LogP contribution is 2.29. The van der Waals surface area contributed by atoms with Crippen LogP contribution in [0.5, 0.6) is 0 Å². The molecule has 0 aromatic heterocycles. The number of amides is 1. The van der Waals surface area contributed by atoms with E-state index in [9.17, 15) is 18.0 Å². The number of hydrogen-bond donors (Lipinski definition) is 0. The third-order valence-electron chi connectivity index (χ3n) is 5.16. The summed E-state index contributed by atoms with van der Waals surface area (Å²) >= 11 is 0. The molecule has 2 aliphatic rings. The van der Waals surface area contributed by atoms with Gasteiger partial charge in [-0.15, -0.1) is 0 Å². The lowest BCUT2D eigenvalue weighted by Crippen LogP contribution is -2.40. The van der Waals surface area contributed by atoms with E-state index in [-0.39, 0.29) is 11.8 Å². The Morgan fingerprint density at radius 3 is 2.38 bits per heavy atom. The quantitative estimate of drug-likeness (QED) is 0.819. The average molecular weight is 370 g/mol. The van der Waals surface area contributed by atoms with E-state index in [2.05, 4.69) is 4.90 Å². The summed E-state index contributed by atoms with van der Waals surface area (Å²) in [6.07, 6.45) is -1.82. The van der Waals surface area contributed by atoms with Gasteiger partial charge in [0.1, 0.15) is 0 Å². The zero-order valence-corrected chi connectivity index (χ0v) is 14.8. The molecule has 1 amide bonds. The second kappa shape index (κ2) is 8.39. The van der Waals surface area contributed by atoms with Crippen molar-refractivity contribution < 1.29 is 22.7 Å². The van der Waals surface area contributed by atoms with Crippen LogP contribution < -0.4 is 0 Å². The Hall–Kier alpha value is -1.60. The van der Waals surface area contributed by atoms with E-state index in [1.165, 1.54) is 0 Å². The van der Waals surface area contributed by atoms with Crippen molar-refractivity contribution in [1.82, 2.24) is 9.80 Å². The van der Waals surface area contributed by atoms with Crippen molar-refractivity contribution in [3.8, 4) is 0 Å². The molecule has 0 atom stereocenters. The Kier molecular flexibility index (Phi) is 6.19. The van der Waals surface area contributed by atoms with Gasteiger partial charge in [-0.3, -0.25) is 9.69 Å². The van der Waals surface area contributed by atoms with Crippen molar-refractivity contribution in [1.29, 1.82) is 0 Å². The standard InChI is InChI=1S/C19H25F3N2O2/c20-19(21,22)17-4-2-15(3-5-17)14-23-8-1-9-24(11-10-23)18(25)16-6-12-26-13-7-16/h2-5,16H,1,6-14H2. The van der Waals surface area contributed by atoms with Gasteiger partial charge in [-0.05, 0) is 37.0 Å². The maximum Gasteiger partial charge on any atom is 0.416 e. The summed E-state index contributed by atoms with van der Waals surface area (Å²) < 4.78 is 43.3. The minimum absolute atomic E-state index is 0.0743. The number of ether oxygens (including phenoxy) is 1. The van der Waals surface area contributed by atoms with Gasteiger partial charge in [0.05, 0.1) is 5.56 Å². The minimum atomic E-state index is -4.30. The summed E-state index contributed by atoms with van der Waals surface area (Å²) in [5, 5.41) is 0. The molecule has 2 heterocycles. The third kappa shape index (κ3) is 4.98. The van der Waals surface area contributed by atoms with E-state index in [0.717, 1.165) is 56.6 Å². The van der Waals surface area contributed by atoms with Crippen LogP contribution in [0.1, 0.15) is 30.4 Å². The van der Waals surface area contributed by atoms with Gasteiger partial charge in [-0.1, -0.05) is 12.1 Å². The van der Waals surface area contributed by atoms with E-state index in [1.54, 1.807) is 12.1 Å². The van der Waals surface area contributed by atoms with Gasteiger partial charge in [-0.2, -0.15) is 13.2 Å². The zero-order chi connectivity index (χ0) is 18.6. The molecule has 0 unspecified atom stereocenters. The number of carbonyl (C=O) groups is 1. The number of carbonyl (C=O) groups excluding carboxylic acids is 1. The summed E-state index contributed by atoms with van der Waals surface area (Å²) in [4.78, 5) is 16.8. The van der Waals surface area contributed by atoms with Gasteiger partial charge >= 0.3 is 6.18 Å². The summed E-state index contributed by atoms with van der Waals surface area (Å²) in [5.74, 6) is 0.301. The van der Waals surface area contributed by atoms with Gasteiger partial charge in [0.2, 0.25) is 5.91 Å². The monoisotopic (exact) mass is 370 g/mol. The van der Waals surface area contributed by atoms with Crippen LogP contribution in [0.3, 0.4) is 0 Å². The number of benzene rings is 1. The highest BCUT2D eigenvalue weighted by atomic mass is 19.4. The smallest absolute Gasteiger partial charge is 0.381 e. The molecule has 2 fully saturated rings. The first kappa shape index (κ1) is 19.2. The van der Waals surface area contributed by atoms with Crippen molar-refractivity contribution in [2.75, 3.05) is 39.4 Å². The Labute approximate surface area is 151 Å². The van der Waals surface area contributed by atoms with Crippen molar-refractivity contribution in [3.05, 3.63) is 35.4 Å². The Morgan fingerprint density at radius 1 is 1.04 bits per heavy atom. The molecular formula is C19H25F3N2O2. The van der Waals surface area contributed by atoms with Gasteiger partial charge in [0.25, 0.3) is 0 Å². The summed E-state index contributed by atoms with van der Waals surface area (Å²) in [7, 11) is 0. The molecule has 0 bridgehead atoms. The summed E-state index contributed by atoms with van der Waals surface area (Å²) in [5.41, 5.74) is 0.243. The number of hydrogen-bond acceptors (Lipinski definition) is 3. The lowest BCUT2D eigenvalue weighted by atomic mass is 9.98. The van der Waals surface area contributed by atoms with E-state index in [1.807, 2.05) is 4.90 Å². The number of halogens is 3. The molecule has 1 aromatic carbocycles. The maximum absolute atomic E-state index is 12.6. The molecule has 1 aromatic rings. The molecule has 2 aliphatic heterocycles. The zero-order valence-electron chi connectivity index (χ0n) is 14.8. The van der Waals surface area contributed by atoms with Crippen LogP contribution in [0.25, 0.3) is 0 Å². The highest BCUT2D eigenvalue weighted by molar-refractivity contribution is 5.79. The normalized spacial score (nSPS) is 20.8. The van der Waals surface area contributed by atoms with Crippen LogP contribution in [0.2, 0.25) is 0 Å². The second-order valence-corrected chi connectivity index (χ2v) is 7.04. The SMILES string of the molecule is O=C(C1CCOCC1)N1CCCN(Cc2ccc(C(F)(F)F)cc2)CC1. The average Bonchev–Trinajstić information content (AvgIpc) is 2.87. The first-order chi connectivity index (χ1) is 12.4. The number of rotatable bonds is 3. The minimum Gasteiger partial charge on any atom is -0.381 e. The van der Waals surface area contributed by atoms with Crippen LogP contribution in [0.15, 0.2) is 24.3 Å². The molecule has 4 nitrogen and oxygen atoms in total. The fourth-order valence-electron chi connectivity index (χ4n) is 3.61. The van der Waals surface area contributed by atoms with Crippen molar-refractivity contribution >= 4 is 5.91 Å². The molecule has 0 radical (unpaired) electrons. The first-order valence-electron chi connectivity index (χ1n) is 9.18. The predicted octanol–water partition coefficient (Wildman–Crippen LogP) is 3.17. The molecule has 0 N–H and O–H groups in total. The van der Waals surface area contributed by atoms with E-state index >= 15 is 0 Å². The van der Waals surface area contributed by atoms with E-state index < -0.39 is 11.7 Å². The highest BCUT2D eigenvalue weighted by Gasteiger charge is 2.30. The van der Waals surface area contributed by atoms with Gasteiger partial charge < -0.3 is 9.64 Å². The summed E-state index contributed by atoms with van der Waals surface area (Å²) in [6.45, 7) is 4.94. The van der Waals surface area contributed by atoms with Gasteiger partial charge in [0, 0.05) is 51.9 Å². The molecule has 3 rings (SSSR count). The van der Waals surface area contributed by atoms with Crippen LogP contribution in [0.4, 0.5) is 13.2 Å². The number of alkyl halides is 3. The lowest BCUT2D eigenvalue weighted by Gasteiger charge is -2.28. The molecule has 0 spiro atoms. The van der Waals surface area contributed by atoms with Crippen molar-refractivity contribution in [3.63, 3.8) is 0 Å². The Morgan fingerprint density at radius 2 is 1.73 bits per heavy atom. The van der Waals surface area contributed by atoms with Crippen LogP contribution in [-0.2, 0) is 22.3 Å². The Bertz CT molecular complexity index is 598. The third-order valence-corrected chi connectivity index (χ3v) is 5.16. The van der Waals surface area contributed by atoms with Gasteiger partial charge in [-0.25, -0.2) is 0 Å². The Balaban J connectivity index is 1.52. The largest absolute Gasteiger partial charge is 0.416 e. The van der Waals surface area contributed by atoms with Crippen LogP contribution in [0, 0.1) is 5.92 Å². The summed E-state index contributed by atoms with van der Waals surface area (Å²) in [6, 6.07) is 5.35. The molecule has 7 heteroatoms. The van der Waals surface area contributed by atoms with Crippen molar-refractivity contribution in [2.24, 2.45) is 5.92 Å². The van der Waals surface area contributed by atoms with Gasteiger partial charge in [0.15, 0.2) is 0 Å². The second-order valence-electron chi connectivity index (χ2n) is 7.04. The first-order valence-corrected chi connectivity index (χ1v) is 9.18. The fraction of sp³-hybridized carbons (Fsp3) is 0.632. The molecule has 144 valence electrons. The van der Waals surface area contributed by atoms with Crippen molar-refractivity contribution in [2.45, 2.75) is 32.0 Å².